The van der Waals surface area contributed by atoms with Gasteiger partial charge in [0.2, 0.25) is 5.91 Å². The molecule has 1 rings (SSSR count). The number of alkyl halides is 3. The van der Waals surface area contributed by atoms with E-state index in [1.54, 1.807) is 7.05 Å². The van der Waals surface area contributed by atoms with Crippen LogP contribution in [0.2, 0.25) is 0 Å². The second-order valence-electron chi connectivity index (χ2n) is 6.65. The lowest BCUT2D eigenvalue weighted by molar-refractivity contribution is -0.143. The molecule has 6 nitrogen and oxygen atoms in total. The van der Waals surface area contributed by atoms with E-state index in [1.807, 2.05) is 20.8 Å². The number of hydrogen-bond donors (Lipinski definition) is 3. The Morgan fingerprint density at radius 2 is 1.96 bits per heavy atom. The second-order valence-corrected chi connectivity index (χ2v) is 6.65. The van der Waals surface area contributed by atoms with Gasteiger partial charge >= 0.3 is 6.18 Å². The van der Waals surface area contributed by atoms with E-state index in [1.165, 1.54) is 4.90 Å². The first-order chi connectivity index (χ1) is 11.1. The van der Waals surface area contributed by atoms with Crippen LogP contribution in [0, 0.1) is 5.41 Å². The molecule has 1 saturated heterocycles. The van der Waals surface area contributed by atoms with Crippen molar-refractivity contribution in [3.63, 3.8) is 0 Å². The van der Waals surface area contributed by atoms with E-state index in [9.17, 15) is 18.0 Å². The number of carbonyl (C=O) groups is 1. The molecule has 1 atom stereocenters. The molecule has 0 aliphatic carbocycles. The lowest BCUT2D eigenvalue weighted by atomic mass is 9.92. The van der Waals surface area contributed by atoms with Crippen LogP contribution >= 0.6 is 0 Å². The van der Waals surface area contributed by atoms with Crippen LogP contribution in [0.3, 0.4) is 0 Å². The summed E-state index contributed by atoms with van der Waals surface area (Å²) in [6.45, 7) is 6.26. The molecule has 1 amide bonds. The zero-order chi connectivity index (χ0) is 18.4. The van der Waals surface area contributed by atoms with Crippen LogP contribution in [0.25, 0.3) is 0 Å². The molecule has 9 heteroatoms. The van der Waals surface area contributed by atoms with E-state index in [0.29, 0.717) is 38.6 Å². The largest absolute Gasteiger partial charge is 0.401 e. The maximum atomic E-state index is 12.4. The summed E-state index contributed by atoms with van der Waals surface area (Å²) in [5.74, 6) is 0.427. The quantitative estimate of drug-likeness (QED) is 0.492. The van der Waals surface area contributed by atoms with Crippen LogP contribution in [-0.4, -0.2) is 68.8 Å². The second kappa shape index (κ2) is 8.55. The summed E-state index contributed by atoms with van der Waals surface area (Å²) in [7, 11) is 1.59. The summed E-state index contributed by atoms with van der Waals surface area (Å²) in [4.78, 5) is 17.4. The zero-order valence-corrected chi connectivity index (χ0v) is 14.8. The number of amides is 1. The first-order valence-electron chi connectivity index (χ1n) is 8.12. The summed E-state index contributed by atoms with van der Waals surface area (Å²) >= 11 is 0. The van der Waals surface area contributed by atoms with E-state index < -0.39 is 18.1 Å². The average Bonchev–Trinajstić information content (AvgIpc) is 2.88. The van der Waals surface area contributed by atoms with Gasteiger partial charge in [0.05, 0.1) is 12.0 Å². The Bertz CT molecular complexity index is 451. The highest BCUT2D eigenvalue weighted by Gasteiger charge is 2.34. The van der Waals surface area contributed by atoms with Crippen molar-refractivity contribution >= 4 is 11.9 Å². The number of hydrogen-bond acceptors (Lipinski definition) is 3. The first-order valence-corrected chi connectivity index (χ1v) is 8.12. The molecule has 140 valence electrons. The molecular formula is C15H28F3N5O. The van der Waals surface area contributed by atoms with E-state index in [0.717, 1.165) is 0 Å². The number of nitrogens with one attached hydrogen (secondary N) is 3. The molecule has 1 fully saturated rings. The van der Waals surface area contributed by atoms with Crippen molar-refractivity contribution in [3.05, 3.63) is 0 Å². The van der Waals surface area contributed by atoms with Gasteiger partial charge in [0, 0.05) is 39.3 Å². The monoisotopic (exact) mass is 351 g/mol. The predicted molar refractivity (Wildman–Crippen MR) is 87.9 cm³/mol. The number of guanidine groups is 1. The summed E-state index contributed by atoms with van der Waals surface area (Å²) in [6.07, 6.45) is -3.55. The predicted octanol–water partition coefficient (Wildman–Crippen LogP) is 0.950. The lowest BCUT2D eigenvalue weighted by Crippen LogP contribution is -2.50. The number of aliphatic imine (C=N–C) groups is 1. The summed E-state index contributed by atoms with van der Waals surface area (Å²) in [5.41, 5.74) is -0.619. The van der Waals surface area contributed by atoms with Crippen molar-refractivity contribution in [2.24, 2.45) is 10.4 Å². The molecule has 1 aliphatic heterocycles. The maximum absolute atomic E-state index is 12.4. The minimum absolute atomic E-state index is 0.0647. The van der Waals surface area contributed by atoms with Gasteiger partial charge in [-0.25, -0.2) is 0 Å². The molecule has 1 heterocycles. The van der Waals surface area contributed by atoms with Gasteiger partial charge in [0.15, 0.2) is 5.96 Å². The Hall–Kier alpha value is -1.51. The molecule has 0 aromatic rings. The van der Waals surface area contributed by atoms with Crippen LogP contribution in [0.5, 0.6) is 0 Å². The molecule has 1 unspecified atom stereocenters. The van der Waals surface area contributed by atoms with Crippen LogP contribution in [0.4, 0.5) is 13.2 Å². The van der Waals surface area contributed by atoms with Gasteiger partial charge in [0.25, 0.3) is 0 Å². The van der Waals surface area contributed by atoms with Gasteiger partial charge in [-0.05, 0) is 27.2 Å². The first kappa shape index (κ1) is 20.5. The Labute approximate surface area is 141 Å². The van der Waals surface area contributed by atoms with E-state index in [4.69, 9.17) is 0 Å². The fraction of sp³-hybridized carbons (Fsp3) is 0.867. The van der Waals surface area contributed by atoms with E-state index in [2.05, 4.69) is 20.9 Å². The summed E-state index contributed by atoms with van der Waals surface area (Å²) in [5, 5.41) is 8.98. The third-order valence-electron chi connectivity index (χ3n) is 3.89. The van der Waals surface area contributed by atoms with Crippen molar-refractivity contribution in [1.82, 2.24) is 20.9 Å². The SMILES string of the molecule is CCNC(=O)C(C)(C)CNC(=NC)NC1CCN(CC(F)(F)F)C1. The standard InChI is InChI=1S/C15H28F3N5O/c1-5-20-12(24)14(2,3)9-21-13(19-4)22-11-6-7-23(8-11)10-15(16,17)18/h11H,5-10H2,1-4H3,(H,20,24)(H2,19,21,22). The smallest absolute Gasteiger partial charge is 0.356 e. The Morgan fingerprint density at radius 3 is 2.50 bits per heavy atom. The van der Waals surface area contributed by atoms with Gasteiger partial charge < -0.3 is 16.0 Å². The van der Waals surface area contributed by atoms with Crippen LogP contribution in [-0.2, 0) is 4.79 Å². The fourth-order valence-electron chi connectivity index (χ4n) is 2.52. The summed E-state index contributed by atoms with van der Waals surface area (Å²) < 4.78 is 37.3. The molecular weight excluding hydrogens is 323 g/mol. The Morgan fingerprint density at radius 1 is 1.29 bits per heavy atom. The average molecular weight is 351 g/mol. The number of halogens is 3. The highest BCUT2D eigenvalue weighted by atomic mass is 19.4. The van der Waals surface area contributed by atoms with Gasteiger partial charge in [-0.3, -0.25) is 14.7 Å². The minimum Gasteiger partial charge on any atom is -0.356 e. The van der Waals surface area contributed by atoms with Crippen LogP contribution in [0.15, 0.2) is 4.99 Å². The fourth-order valence-corrected chi connectivity index (χ4v) is 2.52. The van der Waals surface area contributed by atoms with Gasteiger partial charge in [-0.15, -0.1) is 0 Å². The van der Waals surface area contributed by atoms with Crippen molar-refractivity contribution in [2.45, 2.75) is 39.4 Å². The Balaban J connectivity index is 2.45. The Kier molecular flexibility index (Phi) is 7.31. The molecule has 0 radical (unpaired) electrons. The van der Waals surface area contributed by atoms with Crippen molar-refractivity contribution in [2.75, 3.05) is 39.8 Å². The zero-order valence-electron chi connectivity index (χ0n) is 14.8. The molecule has 1 aliphatic rings. The number of likely N-dealkylation sites (tertiary alicyclic amines) is 1. The van der Waals surface area contributed by atoms with Gasteiger partial charge in [-0.1, -0.05) is 0 Å². The normalized spacial score (nSPS) is 20.1. The van der Waals surface area contributed by atoms with Gasteiger partial charge in [0.1, 0.15) is 0 Å². The molecule has 0 bridgehead atoms. The van der Waals surface area contributed by atoms with Gasteiger partial charge in [-0.2, -0.15) is 13.2 Å². The number of carbonyl (C=O) groups excluding carboxylic acids is 1. The highest BCUT2D eigenvalue weighted by Crippen LogP contribution is 2.20. The maximum Gasteiger partial charge on any atom is 0.401 e. The van der Waals surface area contributed by atoms with Crippen LogP contribution < -0.4 is 16.0 Å². The third kappa shape index (κ3) is 6.94. The molecule has 0 aromatic carbocycles. The highest BCUT2D eigenvalue weighted by molar-refractivity contribution is 5.84. The van der Waals surface area contributed by atoms with Crippen molar-refractivity contribution in [1.29, 1.82) is 0 Å². The number of rotatable bonds is 6. The van der Waals surface area contributed by atoms with Crippen molar-refractivity contribution in [3.8, 4) is 0 Å². The molecule has 24 heavy (non-hydrogen) atoms. The van der Waals surface area contributed by atoms with Crippen molar-refractivity contribution < 1.29 is 18.0 Å². The minimum atomic E-state index is -4.18. The third-order valence-corrected chi connectivity index (χ3v) is 3.89. The van der Waals surface area contributed by atoms with E-state index >= 15 is 0 Å². The number of nitrogens with zero attached hydrogens (tertiary/aromatic N) is 2. The molecule has 0 spiro atoms. The lowest BCUT2D eigenvalue weighted by Gasteiger charge is -2.26. The van der Waals surface area contributed by atoms with Crippen LogP contribution in [0.1, 0.15) is 27.2 Å². The topological polar surface area (TPSA) is 68.8 Å². The molecule has 3 N–H and O–H groups in total. The molecule has 0 aromatic heterocycles. The van der Waals surface area contributed by atoms with E-state index in [-0.39, 0.29) is 11.9 Å². The summed E-state index contributed by atoms with van der Waals surface area (Å²) in [6, 6.07) is -0.0915. The molecule has 0 saturated carbocycles.